The van der Waals surface area contributed by atoms with E-state index in [-0.39, 0.29) is 5.28 Å². The Morgan fingerprint density at radius 3 is 2.71 bits per heavy atom. The Morgan fingerprint density at radius 1 is 1.19 bits per heavy atom. The summed E-state index contributed by atoms with van der Waals surface area (Å²) in [5.74, 6) is 0.828. The minimum absolute atomic E-state index is 0.269. The molecule has 108 valence electrons. The predicted molar refractivity (Wildman–Crippen MR) is 90.7 cm³/mol. The van der Waals surface area contributed by atoms with E-state index >= 15 is 0 Å². The summed E-state index contributed by atoms with van der Waals surface area (Å²) >= 11 is 13.9. The first-order valence-electron chi connectivity index (χ1n) is 6.43. The molecule has 0 aliphatic heterocycles. The van der Waals surface area contributed by atoms with Crippen molar-refractivity contribution in [3.8, 4) is 0 Å². The average molecular weight is 338 g/mol. The van der Waals surface area contributed by atoms with E-state index in [1.807, 2.05) is 36.2 Å². The average Bonchev–Trinajstić information content (AvgIpc) is 2.80. The van der Waals surface area contributed by atoms with Gasteiger partial charge in [0.05, 0.1) is 5.39 Å². The molecule has 0 saturated carbocycles. The zero-order valence-corrected chi connectivity index (χ0v) is 13.9. The molecular formula is C15H13Cl2N3S. The van der Waals surface area contributed by atoms with Gasteiger partial charge in [0.2, 0.25) is 5.28 Å². The van der Waals surface area contributed by atoms with E-state index in [1.165, 1.54) is 4.88 Å². The molecule has 3 rings (SSSR count). The quantitative estimate of drug-likeness (QED) is 0.633. The highest BCUT2D eigenvalue weighted by Crippen LogP contribution is 2.32. The molecule has 0 fully saturated rings. The van der Waals surface area contributed by atoms with Gasteiger partial charge in [-0.25, -0.2) is 4.98 Å². The van der Waals surface area contributed by atoms with Gasteiger partial charge in [-0.1, -0.05) is 29.8 Å². The molecule has 0 N–H and O–H groups in total. The Balaban J connectivity index is 2.01. The van der Waals surface area contributed by atoms with Crippen LogP contribution >= 0.6 is 34.5 Å². The molecule has 0 radical (unpaired) electrons. The van der Waals surface area contributed by atoms with Crippen LogP contribution in [0.1, 0.15) is 10.4 Å². The maximum atomic E-state index is 6.23. The third kappa shape index (κ3) is 2.98. The Kier molecular flexibility index (Phi) is 4.02. The Hall–Kier alpha value is -1.36. The van der Waals surface area contributed by atoms with Crippen LogP contribution in [0.3, 0.4) is 0 Å². The monoisotopic (exact) mass is 337 g/mol. The van der Waals surface area contributed by atoms with Gasteiger partial charge < -0.3 is 4.90 Å². The lowest BCUT2D eigenvalue weighted by Crippen LogP contribution is -2.18. The zero-order valence-electron chi connectivity index (χ0n) is 11.6. The van der Waals surface area contributed by atoms with Gasteiger partial charge in [0.1, 0.15) is 10.6 Å². The van der Waals surface area contributed by atoms with Crippen molar-refractivity contribution >= 4 is 50.6 Å². The van der Waals surface area contributed by atoms with Gasteiger partial charge in [-0.05, 0) is 36.2 Å². The van der Waals surface area contributed by atoms with Crippen molar-refractivity contribution in [1.82, 2.24) is 9.97 Å². The number of thiophene rings is 1. The fourth-order valence-electron chi connectivity index (χ4n) is 2.25. The minimum atomic E-state index is 0.269. The molecule has 0 aliphatic rings. The molecule has 2 aromatic heterocycles. The van der Waals surface area contributed by atoms with Gasteiger partial charge in [-0.15, -0.1) is 11.3 Å². The molecular weight excluding hydrogens is 325 g/mol. The van der Waals surface area contributed by atoms with Gasteiger partial charge in [-0.3, -0.25) is 0 Å². The van der Waals surface area contributed by atoms with E-state index in [2.05, 4.69) is 23.0 Å². The lowest BCUT2D eigenvalue weighted by molar-refractivity contribution is 0.901. The van der Waals surface area contributed by atoms with Crippen molar-refractivity contribution in [3.05, 3.63) is 51.1 Å². The SMILES string of the molecule is Cc1cc2c(N(C)Cc3ccccc3Cl)nc(Cl)nc2s1. The van der Waals surface area contributed by atoms with Crippen LogP contribution in [0.5, 0.6) is 0 Å². The molecule has 6 heteroatoms. The van der Waals surface area contributed by atoms with E-state index in [0.29, 0.717) is 6.54 Å². The Morgan fingerprint density at radius 2 is 1.95 bits per heavy atom. The molecule has 0 saturated heterocycles. The second-order valence-electron chi connectivity index (χ2n) is 4.84. The summed E-state index contributed by atoms with van der Waals surface area (Å²) < 4.78 is 0. The summed E-state index contributed by atoms with van der Waals surface area (Å²) in [6.07, 6.45) is 0. The Bertz CT molecular complexity index is 801. The van der Waals surface area contributed by atoms with Crippen molar-refractivity contribution in [2.75, 3.05) is 11.9 Å². The topological polar surface area (TPSA) is 29.0 Å². The predicted octanol–water partition coefficient (Wildman–Crippen LogP) is 4.94. The lowest BCUT2D eigenvalue weighted by Gasteiger charge is -2.19. The number of hydrogen-bond donors (Lipinski definition) is 0. The van der Waals surface area contributed by atoms with Crippen molar-refractivity contribution in [3.63, 3.8) is 0 Å². The number of anilines is 1. The summed E-state index contributed by atoms with van der Waals surface area (Å²) in [5, 5.41) is 2.05. The highest BCUT2D eigenvalue weighted by atomic mass is 35.5. The first kappa shape index (κ1) is 14.6. The molecule has 0 atom stereocenters. The number of aryl methyl sites for hydroxylation is 1. The second kappa shape index (κ2) is 5.79. The van der Waals surface area contributed by atoms with Crippen LogP contribution in [0.2, 0.25) is 10.3 Å². The summed E-state index contributed by atoms with van der Waals surface area (Å²) in [5.41, 5.74) is 1.05. The molecule has 1 aromatic carbocycles. The summed E-state index contributed by atoms with van der Waals surface area (Å²) in [6.45, 7) is 2.72. The van der Waals surface area contributed by atoms with E-state index in [9.17, 15) is 0 Å². The maximum Gasteiger partial charge on any atom is 0.225 e. The third-order valence-electron chi connectivity index (χ3n) is 3.20. The number of rotatable bonds is 3. The highest BCUT2D eigenvalue weighted by Gasteiger charge is 2.14. The lowest BCUT2D eigenvalue weighted by atomic mass is 10.2. The molecule has 3 nitrogen and oxygen atoms in total. The van der Waals surface area contributed by atoms with Crippen LogP contribution < -0.4 is 4.90 Å². The first-order chi connectivity index (χ1) is 10.0. The van der Waals surface area contributed by atoms with Gasteiger partial charge in [0, 0.05) is 23.5 Å². The smallest absolute Gasteiger partial charge is 0.225 e. The van der Waals surface area contributed by atoms with E-state index in [4.69, 9.17) is 23.2 Å². The van der Waals surface area contributed by atoms with E-state index in [1.54, 1.807) is 11.3 Å². The Labute approximate surface area is 137 Å². The molecule has 3 aromatic rings. The fourth-order valence-corrected chi connectivity index (χ4v) is 3.53. The molecule has 21 heavy (non-hydrogen) atoms. The van der Waals surface area contributed by atoms with Gasteiger partial charge in [0.25, 0.3) is 0 Å². The number of hydrogen-bond acceptors (Lipinski definition) is 4. The van der Waals surface area contributed by atoms with Gasteiger partial charge >= 0.3 is 0 Å². The van der Waals surface area contributed by atoms with Gasteiger partial charge in [-0.2, -0.15) is 4.98 Å². The normalized spacial score (nSPS) is 11.0. The van der Waals surface area contributed by atoms with Crippen molar-refractivity contribution in [1.29, 1.82) is 0 Å². The molecule has 0 bridgehead atoms. The molecule has 0 amide bonds. The minimum Gasteiger partial charge on any atom is -0.355 e. The maximum absolute atomic E-state index is 6.23. The zero-order chi connectivity index (χ0) is 15.0. The highest BCUT2D eigenvalue weighted by molar-refractivity contribution is 7.18. The van der Waals surface area contributed by atoms with E-state index in [0.717, 1.165) is 26.6 Å². The molecule has 0 spiro atoms. The summed E-state index contributed by atoms with van der Waals surface area (Å²) in [4.78, 5) is 12.8. The number of aromatic nitrogens is 2. The fraction of sp³-hybridized carbons (Fsp3) is 0.200. The number of benzene rings is 1. The number of nitrogens with zero attached hydrogens (tertiary/aromatic N) is 3. The van der Waals surface area contributed by atoms with Crippen LogP contribution in [0.4, 0.5) is 5.82 Å². The van der Waals surface area contributed by atoms with Crippen LogP contribution in [-0.2, 0) is 6.54 Å². The van der Waals surface area contributed by atoms with Crippen molar-refractivity contribution in [2.45, 2.75) is 13.5 Å². The number of fused-ring (bicyclic) bond motifs is 1. The second-order valence-corrected chi connectivity index (χ2v) is 6.82. The van der Waals surface area contributed by atoms with Crippen LogP contribution in [0, 0.1) is 6.92 Å². The molecule has 2 heterocycles. The first-order valence-corrected chi connectivity index (χ1v) is 8.00. The molecule has 0 unspecified atom stereocenters. The van der Waals surface area contributed by atoms with Crippen molar-refractivity contribution < 1.29 is 0 Å². The van der Waals surface area contributed by atoms with Crippen LogP contribution in [-0.4, -0.2) is 17.0 Å². The van der Waals surface area contributed by atoms with E-state index < -0.39 is 0 Å². The number of halogens is 2. The standard InChI is InChI=1S/C15H13Cl2N3S/c1-9-7-11-13(18-15(17)19-14(11)21-9)20(2)8-10-5-3-4-6-12(10)16/h3-7H,8H2,1-2H3. The largest absolute Gasteiger partial charge is 0.355 e. The molecule has 0 aliphatic carbocycles. The van der Waals surface area contributed by atoms with Crippen LogP contribution in [0.15, 0.2) is 30.3 Å². The summed E-state index contributed by atoms with van der Waals surface area (Å²) in [7, 11) is 1.98. The van der Waals surface area contributed by atoms with Crippen LogP contribution in [0.25, 0.3) is 10.2 Å². The third-order valence-corrected chi connectivity index (χ3v) is 4.68. The van der Waals surface area contributed by atoms with Gasteiger partial charge in [0.15, 0.2) is 0 Å². The summed E-state index contributed by atoms with van der Waals surface area (Å²) in [6, 6.07) is 9.90. The van der Waals surface area contributed by atoms with Crippen molar-refractivity contribution in [2.24, 2.45) is 0 Å².